The van der Waals surface area contributed by atoms with Gasteiger partial charge in [-0.3, -0.25) is 0 Å². The first kappa shape index (κ1) is 17.3. The molecule has 6 heteroatoms. The van der Waals surface area contributed by atoms with Gasteiger partial charge in [-0.1, -0.05) is 42.1 Å². The molecular formula is C17H15F3O2S. The summed E-state index contributed by atoms with van der Waals surface area (Å²) in [7, 11) is 0. The van der Waals surface area contributed by atoms with Gasteiger partial charge in [0.25, 0.3) is 0 Å². The monoisotopic (exact) mass is 340 g/mol. The molecule has 0 saturated carbocycles. The van der Waals surface area contributed by atoms with E-state index in [2.05, 4.69) is 0 Å². The molecule has 0 aromatic heterocycles. The fourth-order valence-corrected chi connectivity index (χ4v) is 2.43. The Hall–Kier alpha value is -2.08. The molecule has 0 saturated heterocycles. The summed E-state index contributed by atoms with van der Waals surface area (Å²) in [6.45, 7) is 1.57. The fraction of sp³-hybridized carbons (Fsp3) is 0.176. The highest BCUT2D eigenvalue weighted by Gasteiger charge is 2.28. The topological polar surface area (TPSA) is 29.5 Å². The lowest BCUT2D eigenvalue weighted by molar-refractivity contribution is -0.105. The van der Waals surface area contributed by atoms with Crippen molar-refractivity contribution in [1.29, 1.82) is 0 Å². The lowest BCUT2D eigenvalue weighted by Gasteiger charge is -2.10. The van der Waals surface area contributed by atoms with Crippen molar-refractivity contribution in [3.8, 4) is 11.5 Å². The van der Waals surface area contributed by atoms with Crippen LogP contribution in [-0.4, -0.2) is 17.0 Å². The molecular weight excluding hydrogens is 325 g/mol. The van der Waals surface area contributed by atoms with Crippen LogP contribution in [0.2, 0.25) is 0 Å². The van der Waals surface area contributed by atoms with Crippen LogP contribution in [0.5, 0.6) is 11.5 Å². The first-order valence-corrected chi connectivity index (χ1v) is 7.76. The van der Waals surface area contributed by atoms with Crippen molar-refractivity contribution in [2.45, 2.75) is 13.1 Å². The standard InChI is InChI=1S/C17H15F3O2S/c1-12(16(21)23-11-17(18,19)20)13-6-5-9-15(10-13)22-14-7-3-2-4-8-14/h2-10,21H,11H2,1H3/b16-12-. The van der Waals surface area contributed by atoms with Gasteiger partial charge in [-0.15, -0.1) is 0 Å². The Balaban J connectivity index is 2.15. The number of ether oxygens (including phenoxy) is 1. The normalized spacial score (nSPS) is 12.7. The van der Waals surface area contributed by atoms with E-state index in [-0.39, 0.29) is 5.09 Å². The van der Waals surface area contributed by atoms with E-state index in [0.717, 1.165) is 0 Å². The van der Waals surface area contributed by atoms with Gasteiger partial charge in [0.15, 0.2) is 5.09 Å². The zero-order chi connectivity index (χ0) is 16.9. The zero-order valence-corrected chi connectivity index (χ0v) is 13.1. The molecule has 0 unspecified atom stereocenters. The molecule has 0 heterocycles. The zero-order valence-electron chi connectivity index (χ0n) is 12.3. The SMILES string of the molecule is C/C(=C(\O)SCC(F)(F)F)c1cccc(Oc2ccccc2)c1. The Morgan fingerprint density at radius 3 is 2.35 bits per heavy atom. The number of aliphatic hydroxyl groups excluding tert-OH is 1. The number of hydrogen-bond donors (Lipinski definition) is 1. The van der Waals surface area contributed by atoms with Crippen LogP contribution >= 0.6 is 11.8 Å². The predicted octanol–water partition coefficient (Wildman–Crippen LogP) is 6.02. The first-order chi connectivity index (χ1) is 10.8. The smallest absolute Gasteiger partial charge is 0.398 e. The van der Waals surface area contributed by atoms with Gasteiger partial charge in [-0.25, -0.2) is 0 Å². The van der Waals surface area contributed by atoms with Crippen molar-refractivity contribution in [1.82, 2.24) is 0 Å². The Morgan fingerprint density at radius 2 is 1.70 bits per heavy atom. The highest BCUT2D eigenvalue weighted by molar-refractivity contribution is 8.03. The molecule has 0 spiro atoms. The van der Waals surface area contributed by atoms with Crippen molar-refractivity contribution >= 4 is 17.3 Å². The molecule has 23 heavy (non-hydrogen) atoms. The number of halogens is 3. The van der Waals surface area contributed by atoms with Crippen LogP contribution in [0, 0.1) is 0 Å². The second kappa shape index (κ2) is 7.46. The summed E-state index contributed by atoms with van der Waals surface area (Å²) in [6, 6.07) is 16.0. The van der Waals surface area contributed by atoms with Gasteiger partial charge in [0.2, 0.25) is 0 Å². The van der Waals surface area contributed by atoms with E-state index in [4.69, 9.17) is 4.74 Å². The minimum absolute atomic E-state index is 0.348. The number of para-hydroxylation sites is 1. The van der Waals surface area contributed by atoms with Gasteiger partial charge in [0, 0.05) is 5.57 Å². The van der Waals surface area contributed by atoms with Crippen LogP contribution in [0.1, 0.15) is 12.5 Å². The molecule has 0 radical (unpaired) electrons. The summed E-state index contributed by atoms with van der Waals surface area (Å²) in [5.41, 5.74) is 0.975. The Morgan fingerprint density at radius 1 is 1.04 bits per heavy atom. The molecule has 1 N–H and O–H groups in total. The lowest BCUT2D eigenvalue weighted by Crippen LogP contribution is -2.10. The molecule has 2 aromatic rings. The van der Waals surface area contributed by atoms with Crippen molar-refractivity contribution < 1.29 is 23.0 Å². The number of thioether (sulfide) groups is 1. The molecule has 0 amide bonds. The molecule has 0 bridgehead atoms. The van der Waals surface area contributed by atoms with E-state index in [0.29, 0.717) is 34.4 Å². The number of allylic oxidation sites excluding steroid dienone is 1. The second-order valence-electron chi connectivity index (χ2n) is 4.78. The summed E-state index contributed by atoms with van der Waals surface area (Å²) in [5, 5.41) is 9.47. The summed E-state index contributed by atoms with van der Waals surface area (Å²) in [4.78, 5) is 0. The summed E-state index contributed by atoms with van der Waals surface area (Å²) in [5.74, 6) is 0.0692. The van der Waals surface area contributed by atoms with Crippen molar-refractivity contribution in [3.05, 3.63) is 65.3 Å². The molecule has 0 fully saturated rings. The minimum Gasteiger partial charge on any atom is -0.502 e. The van der Waals surface area contributed by atoms with Crippen LogP contribution in [0.25, 0.3) is 5.57 Å². The first-order valence-electron chi connectivity index (χ1n) is 6.78. The van der Waals surface area contributed by atoms with Gasteiger partial charge in [0.1, 0.15) is 11.5 Å². The fourth-order valence-electron chi connectivity index (χ4n) is 1.80. The van der Waals surface area contributed by atoms with E-state index < -0.39 is 11.9 Å². The molecule has 0 aliphatic heterocycles. The van der Waals surface area contributed by atoms with Gasteiger partial charge in [0.05, 0.1) is 5.75 Å². The molecule has 0 aliphatic rings. The Kier molecular flexibility index (Phi) is 5.60. The maximum Gasteiger partial charge on any atom is 0.398 e. The summed E-state index contributed by atoms with van der Waals surface area (Å²) < 4.78 is 42.3. The van der Waals surface area contributed by atoms with E-state index in [1.807, 2.05) is 18.2 Å². The molecule has 2 rings (SSSR count). The Labute approximate surface area is 136 Å². The molecule has 2 nitrogen and oxygen atoms in total. The van der Waals surface area contributed by atoms with E-state index in [1.165, 1.54) is 0 Å². The van der Waals surface area contributed by atoms with Gasteiger partial charge >= 0.3 is 6.18 Å². The average molecular weight is 340 g/mol. The largest absolute Gasteiger partial charge is 0.502 e. The van der Waals surface area contributed by atoms with E-state index in [9.17, 15) is 18.3 Å². The highest BCUT2D eigenvalue weighted by Crippen LogP contribution is 2.31. The minimum atomic E-state index is -4.32. The van der Waals surface area contributed by atoms with Crippen LogP contribution in [0.4, 0.5) is 13.2 Å². The molecule has 0 atom stereocenters. The quantitative estimate of drug-likeness (QED) is 0.675. The number of benzene rings is 2. The lowest BCUT2D eigenvalue weighted by atomic mass is 10.1. The van der Waals surface area contributed by atoms with Crippen molar-refractivity contribution in [2.75, 3.05) is 5.75 Å². The molecule has 0 aliphatic carbocycles. The van der Waals surface area contributed by atoms with Gasteiger partial charge in [-0.2, -0.15) is 13.2 Å². The number of alkyl halides is 3. The van der Waals surface area contributed by atoms with Crippen molar-refractivity contribution in [3.63, 3.8) is 0 Å². The second-order valence-corrected chi connectivity index (χ2v) is 5.74. The highest BCUT2D eigenvalue weighted by atomic mass is 32.2. The van der Waals surface area contributed by atoms with Crippen LogP contribution in [0.3, 0.4) is 0 Å². The van der Waals surface area contributed by atoms with Gasteiger partial charge < -0.3 is 9.84 Å². The van der Waals surface area contributed by atoms with Crippen LogP contribution in [0.15, 0.2) is 59.7 Å². The summed E-state index contributed by atoms with van der Waals surface area (Å²) >= 11 is 0.365. The van der Waals surface area contributed by atoms with Crippen LogP contribution in [-0.2, 0) is 0 Å². The van der Waals surface area contributed by atoms with Gasteiger partial charge in [-0.05, 0) is 36.8 Å². The van der Waals surface area contributed by atoms with E-state index in [1.54, 1.807) is 43.3 Å². The number of aliphatic hydroxyl groups is 1. The number of hydrogen-bond acceptors (Lipinski definition) is 3. The third-order valence-electron chi connectivity index (χ3n) is 2.94. The average Bonchev–Trinajstić information content (AvgIpc) is 2.52. The predicted molar refractivity (Wildman–Crippen MR) is 86.7 cm³/mol. The number of rotatable bonds is 5. The maximum atomic E-state index is 12.2. The summed E-state index contributed by atoms with van der Waals surface area (Å²) in [6.07, 6.45) is -4.32. The Bertz CT molecular complexity index is 682. The molecule has 122 valence electrons. The molecule has 2 aromatic carbocycles. The third-order valence-corrected chi connectivity index (χ3v) is 3.99. The third kappa shape index (κ3) is 5.56. The van der Waals surface area contributed by atoms with Crippen LogP contribution < -0.4 is 4.74 Å². The van der Waals surface area contributed by atoms with Crippen molar-refractivity contribution in [2.24, 2.45) is 0 Å². The van der Waals surface area contributed by atoms with E-state index >= 15 is 0 Å². The maximum absolute atomic E-state index is 12.2.